The Morgan fingerprint density at radius 1 is 1.02 bits per heavy atom. The number of rotatable bonds is 8. The molecular weight excluding hydrogens is 532 g/mol. The number of likely N-dealkylation sites (tertiary alicyclic amines) is 1. The molecule has 0 radical (unpaired) electrons. The number of aromatic nitrogens is 4. The fraction of sp³-hybridized carbons (Fsp3) is 0.241. The van der Waals surface area contributed by atoms with E-state index in [-0.39, 0.29) is 29.7 Å². The summed E-state index contributed by atoms with van der Waals surface area (Å²) in [5.41, 5.74) is 3.10. The summed E-state index contributed by atoms with van der Waals surface area (Å²) >= 11 is 6.26. The van der Waals surface area contributed by atoms with Crippen LogP contribution in [0.5, 0.6) is 0 Å². The zero-order valence-corrected chi connectivity index (χ0v) is 22.2. The first kappa shape index (κ1) is 27.0. The number of carbonyl (C=O) groups excluding carboxylic acids is 2. The van der Waals surface area contributed by atoms with Gasteiger partial charge in [-0.05, 0) is 83.3 Å². The van der Waals surface area contributed by atoms with Crippen molar-refractivity contribution in [3.63, 3.8) is 0 Å². The molecule has 11 heteroatoms. The smallest absolute Gasteiger partial charge is 0.335 e. The number of aryl methyl sites for hydroxylation is 1. The second kappa shape index (κ2) is 12.1. The number of aromatic carboxylic acids is 1. The number of carboxylic acid groups (broad SMARTS) is 1. The average Bonchev–Trinajstić information content (AvgIpc) is 3.51. The third-order valence-electron chi connectivity index (χ3n) is 7.09. The van der Waals surface area contributed by atoms with Crippen LogP contribution in [0.3, 0.4) is 0 Å². The van der Waals surface area contributed by atoms with Gasteiger partial charge in [-0.15, -0.1) is 5.10 Å². The largest absolute Gasteiger partial charge is 0.478 e. The highest BCUT2D eigenvalue weighted by Gasteiger charge is 2.40. The van der Waals surface area contributed by atoms with Crippen molar-refractivity contribution in [1.82, 2.24) is 25.1 Å². The van der Waals surface area contributed by atoms with Gasteiger partial charge in [0, 0.05) is 29.6 Å². The van der Waals surface area contributed by atoms with E-state index in [2.05, 4.69) is 20.8 Å². The van der Waals surface area contributed by atoms with Crippen LogP contribution in [0.2, 0.25) is 5.02 Å². The Hall–Kier alpha value is -4.57. The lowest BCUT2D eigenvalue weighted by Gasteiger charge is -2.40. The van der Waals surface area contributed by atoms with E-state index in [9.17, 15) is 19.5 Å². The lowest BCUT2D eigenvalue weighted by Crippen LogP contribution is -2.53. The Kier molecular flexibility index (Phi) is 8.16. The Labute approximate surface area is 235 Å². The van der Waals surface area contributed by atoms with Crippen LogP contribution in [0.15, 0.2) is 79.1 Å². The van der Waals surface area contributed by atoms with Crippen LogP contribution in [-0.4, -0.2) is 60.6 Å². The molecule has 2 heterocycles. The Morgan fingerprint density at radius 3 is 2.50 bits per heavy atom. The van der Waals surface area contributed by atoms with Crippen molar-refractivity contribution in [2.75, 3.05) is 11.9 Å². The maximum absolute atomic E-state index is 13.7. The molecule has 4 aromatic rings. The van der Waals surface area contributed by atoms with Crippen LogP contribution in [0.25, 0.3) is 5.69 Å². The number of hydrogen-bond donors (Lipinski definition) is 2. The predicted molar refractivity (Wildman–Crippen MR) is 148 cm³/mol. The molecule has 1 fully saturated rings. The maximum Gasteiger partial charge on any atom is 0.335 e. The summed E-state index contributed by atoms with van der Waals surface area (Å²) in [6.45, 7) is 0.452. The second-order valence-electron chi connectivity index (χ2n) is 9.59. The Balaban J connectivity index is 1.39. The van der Waals surface area contributed by atoms with Crippen molar-refractivity contribution in [2.45, 2.75) is 37.6 Å². The average molecular weight is 559 g/mol. The number of benzene rings is 3. The van der Waals surface area contributed by atoms with Gasteiger partial charge in [0.25, 0.3) is 0 Å². The standard InChI is InChI=1S/C29H27ClN6O4/c30-22-11-14-25(36-18-31-33-34-36)21(17-22)10-15-26(37)35-16-4-7-24(19-5-2-1-3-6-19)27(35)28(38)32-23-12-8-20(9-13-23)29(39)40/h1-3,5-6,8-9,11-14,17-18,24,27H,4,7,10,15-16H2,(H,32,38)(H,39,40). The molecule has 2 N–H and O–H groups in total. The number of piperidine rings is 1. The van der Waals surface area contributed by atoms with Crippen molar-refractivity contribution < 1.29 is 19.5 Å². The minimum absolute atomic E-state index is 0.122. The van der Waals surface area contributed by atoms with Gasteiger partial charge in [0.1, 0.15) is 12.4 Å². The number of nitrogens with one attached hydrogen (secondary N) is 1. The quantitative estimate of drug-likeness (QED) is 0.328. The molecule has 2 atom stereocenters. The summed E-state index contributed by atoms with van der Waals surface area (Å²) in [6, 6.07) is 20.3. The summed E-state index contributed by atoms with van der Waals surface area (Å²) < 4.78 is 1.52. The van der Waals surface area contributed by atoms with Gasteiger partial charge in [-0.2, -0.15) is 0 Å². The van der Waals surface area contributed by atoms with Gasteiger partial charge in [0.2, 0.25) is 11.8 Å². The predicted octanol–water partition coefficient (Wildman–Crippen LogP) is 4.36. The molecule has 0 aliphatic carbocycles. The number of amides is 2. The number of anilines is 1. The van der Waals surface area contributed by atoms with Crippen LogP contribution in [0.4, 0.5) is 5.69 Å². The SMILES string of the molecule is O=C(O)c1ccc(NC(=O)C2C(c3ccccc3)CCCN2C(=O)CCc2cc(Cl)ccc2-n2cnnn2)cc1. The van der Waals surface area contributed by atoms with E-state index in [0.29, 0.717) is 23.7 Å². The fourth-order valence-electron chi connectivity index (χ4n) is 5.20. The van der Waals surface area contributed by atoms with Crippen molar-refractivity contribution in [2.24, 2.45) is 0 Å². The Morgan fingerprint density at radius 2 is 1.80 bits per heavy atom. The molecule has 3 aromatic carbocycles. The van der Waals surface area contributed by atoms with E-state index < -0.39 is 12.0 Å². The molecule has 10 nitrogen and oxygen atoms in total. The monoisotopic (exact) mass is 558 g/mol. The zero-order chi connectivity index (χ0) is 28.1. The lowest BCUT2D eigenvalue weighted by atomic mass is 9.82. The van der Waals surface area contributed by atoms with Gasteiger partial charge >= 0.3 is 5.97 Å². The van der Waals surface area contributed by atoms with Crippen molar-refractivity contribution in [3.05, 3.63) is 101 Å². The normalized spacial score (nSPS) is 16.9. The zero-order valence-electron chi connectivity index (χ0n) is 21.5. The highest BCUT2D eigenvalue weighted by molar-refractivity contribution is 6.30. The second-order valence-corrected chi connectivity index (χ2v) is 10.0. The number of hydrogen-bond acceptors (Lipinski definition) is 6. The highest BCUT2D eigenvalue weighted by atomic mass is 35.5. The topological polar surface area (TPSA) is 130 Å². The van der Waals surface area contributed by atoms with E-state index in [4.69, 9.17) is 11.6 Å². The number of nitrogens with zero attached hydrogens (tertiary/aromatic N) is 5. The van der Waals surface area contributed by atoms with E-state index in [1.807, 2.05) is 30.3 Å². The lowest BCUT2D eigenvalue weighted by molar-refractivity contribution is -0.141. The van der Waals surface area contributed by atoms with Gasteiger partial charge in [-0.25, -0.2) is 9.48 Å². The first-order chi connectivity index (χ1) is 19.4. The van der Waals surface area contributed by atoms with E-state index in [1.54, 1.807) is 35.2 Å². The van der Waals surface area contributed by atoms with E-state index in [1.165, 1.54) is 23.1 Å². The fourth-order valence-corrected chi connectivity index (χ4v) is 5.39. The van der Waals surface area contributed by atoms with Crippen LogP contribution >= 0.6 is 11.6 Å². The van der Waals surface area contributed by atoms with Crippen LogP contribution in [0.1, 0.15) is 46.7 Å². The molecule has 1 aliphatic rings. The molecule has 2 amide bonds. The Bertz CT molecular complexity index is 1490. The number of carbonyl (C=O) groups is 3. The molecule has 0 saturated carbocycles. The van der Waals surface area contributed by atoms with Crippen molar-refractivity contribution >= 4 is 35.1 Å². The molecule has 1 aliphatic heterocycles. The van der Waals surface area contributed by atoms with Crippen molar-refractivity contribution in [1.29, 1.82) is 0 Å². The third kappa shape index (κ3) is 6.02. The van der Waals surface area contributed by atoms with Gasteiger partial charge in [-0.3, -0.25) is 9.59 Å². The minimum Gasteiger partial charge on any atom is -0.478 e. The summed E-state index contributed by atoms with van der Waals surface area (Å²) in [5.74, 6) is -1.71. The van der Waals surface area contributed by atoms with Crippen LogP contribution < -0.4 is 5.32 Å². The van der Waals surface area contributed by atoms with Gasteiger partial charge in [0.15, 0.2) is 0 Å². The summed E-state index contributed by atoms with van der Waals surface area (Å²) in [6.07, 6.45) is 3.53. The van der Waals surface area contributed by atoms with E-state index >= 15 is 0 Å². The van der Waals surface area contributed by atoms with Crippen LogP contribution in [-0.2, 0) is 16.0 Å². The molecule has 0 spiro atoms. The molecule has 40 heavy (non-hydrogen) atoms. The molecule has 1 saturated heterocycles. The number of tetrazole rings is 1. The maximum atomic E-state index is 13.7. The van der Waals surface area contributed by atoms with E-state index in [0.717, 1.165) is 29.7 Å². The summed E-state index contributed by atoms with van der Waals surface area (Å²) in [5, 5.41) is 24.0. The summed E-state index contributed by atoms with van der Waals surface area (Å²) in [4.78, 5) is 40.4. The number of carboxylic acids is 1. The number of halogens is 1. The molecular formula is C29H27ClN6O4. The van der Waals surface area contributed by atoms with Gasteiger partial charge in [-0.1, -0.05) is 41.9 Å². The molecule has 1 aromatic heterocycles. The molecule has 5 rings (SSSR count). The summed E-state index contributed by atoms with van der Waals surface area (Å²) in [7, 11) is 0. The molecule has 0 bridgehead atoms. The van der Waals surface area contributed by atoms with Gasteiger partial charge in [0.05, 0.1) is 11.3 Å². The molecule has 204 valence electrons. The first-order valence-corrected chi connectivity index (χ1v) is 13.3. The minimum atomic E-state index is -1.05. The third-order valence-corrected chi connectivity index (χ3v) is 7.33. The van der Waals surface area contributed by atoms with Gasteiger partial charge < -0.3 is 15.3 Å². The first-order valence-electron chi connectivity index (χ1n) is 12.9. The molecule has 2 unspecified atom stereocenters. The van der Waals surface area contributed by atoms with Crippen LogP contribution in [0, 0.1) is 0 Å². The highest BCUT2D eigenvalue weighted by Crippen LogP contribution is 2.34. The van der Waals surface area contributed by atoms with Crippen molar-refractivity contribution in [3.8, 4) is 5.69 Å².